The third-order valence-electron chi connectivity index (χ3n) is 2.37. The van der Waals surface area contributed by atoms with Crippen molar-refractivity contribution < 1.29 is 9.09 Å². The molecule has 0 spiro atoms. The molecule has 0 heterocycles. The van der Waals surface area contributed by atoms with Crippen molar-refractivity contribution in [3.05, 3.63) is 0 Å². The van der Waals surface area contributed by atoms with Crippen molar-refractivity contribution in [2.45, 2.75) is 46.7 Å². The van der Waals surface area contributed by atoms with Gasteiger partial charge in [-0.15, -0.1) is 0 Å². The van der Waals surface area contributed by atoms with Crippen LogP contribution < -0.4 is 0 Å². The Morgan fingerprint density at radius 3 is 2.06 bits per heavy atom. The summed E-state index contributed by atoms with van der Waals surface area (Å²) in [5, 5.41) is 0. The van der Waals surface area contributed by atoms with E-state index in [1.54, 1.807) is 6.66 Å². The van der Waals surface area contributed by atoms with E-state index in [9.17, 15) is 4.57 Å². The Morgan fingerprint density at radius 2 is 1.71 bits per heavy atom. The molecular weight excluding hydrogens is 448 g/mol. The summed E-state index contributed by atoms with van der Waals surface area (Å²) in [5.41, 5.74) is 0. The van der Waals surface area contributed by atoms with Gasteiger partial charge in [0.1, 0.15) is 0 Å². The summed E-state index contributed by atoms with van der Waals surface area (Å²) in [6.07, 6.45) is 0. The van der Waals surface area contributed by atoms with E-state index in [4.69, 9.17) is 4.52 Å². The van der Waals surface area contributed by atoms with Gasteiger partial charge in [-0.1, -0.05) is 11.4 Å². The fraction of sp³-hybridized carbons (Fsp3) is 1.00. The van der Waals surface area contributed by atoms with Crippen molar-refractivity contribution in [1.29, 1.82) is 0 Å². The Bertz CT molecular complexity index is 232. The van der Waals surface area contributed by atoms with E-state index >= 15 is 0 Å². The summed E-state index contributed by atoms with van der Waals surface area (Å²) < 4.78 is 17.1. The molecule has 0 aliphatic heterocycles. The quantitative estimate of drug-likeness (QED) is 0.398. The standard InChI is InChI=1S/C11H26NO2PS.Pb.2H/c1-7-14-15(6,13)16-9-8-12(10(2)3)11(4)5;;;/h10-11H,7-9H2,1-6H3;;;. The van der Waals surface area contributed by atoms with E-state index < -0.39 is 6.57 Å². The first-order valence-electron chi connectivity index (χ1n) is 5.92. The van der Waals surface area contributed by atoms with E-state index in [-0.39, 0.29) is 27.3 Å². The predicted molar refractivity (Wildman–Crippen MR) is 83.1 cm³/mol. The van der Waals surface area contributed by atoms with Gasteiger partial charge in [0.2, 0.25) is 0 Å². The second-order valence-corrected chi connectivity index (χ2v) is 9.68. The molecule has 2 radical (unpaired) electrons. The molecule has 0 aromatic carbocycles. The average Bonchev–Trinajstić information content (AvgIpc) is 2.10. The van der Waals surface area contributed by atoms with Crippen molar-refractivity contribution in [2.24, 2.45) is 0 Å². The Hall–Kier alpha value is 1.42. The molecule has 0 rings (SSSR count). The van der Waals surface area contributed by atoms with E-state index in [1.165, 1.54) is 11.4 Å². The summed E-state index contributed by atoms with van der Waals surface area (Å²) >= 11 is 1.46. The number of hydrogen-bond acceptors (Lipinski definition) is 4. The van der Waals surface area contributed by atoms with Crippen LogP contribution in [0.4, 0.5) is 0 Å². The van der Waals surface area contributed by atoms with Gasteiger partial charge in [-0.2, -0.15) is 0 Å². The molecule has 0 aliphatic carbocycles. The summed E-state index contributed by atoms with van der Waals surface area (Å²) in [6, 6.07) is 1.06. The van der Waals surface area contributed by atoms with Crippen LogP contribution in [0.5, 0.6) is 0 Å². The molecule has 104 valence electrons. The molecular formula is C11H28NO2PPbS. The topological polar surface area (TPSA) is 29.5 Å². The van der Waals surface area contributed by atoms with Gasteiger partial charge in [0.05, 0.1) is 6.61 Å². The molecule has 0 aliphatic rings. The average molecular weight is 477 g/mol. The van der Waals surface area contributed by atoms with Gasteiger partial charge in [-0.05, 0) is 34.6 Å². The third kappa shape index (κ3) is 9.94. The van der Waals surface area contributed by atoms with Crippen LogP contribution in [0.15, 0.2) is 0 Å². The summed E-state index contributed by atoms with van der Waals surface area (Å²) in [7, 11) is 0. The molecule has 0 N–H and O–H groups in total. The van der Waals surface area contributed by atoms with Crippen LogP contribution in [0, 0.1) is 0 Å². The van der Waals surface area contributed by atoms with Gasteiger partial charge in [0, 0.05) is 31.0 Å². The third-order valence-corrected chi connectivity index (χ3v) is 6.20. The molecule has 17 heavy (non-hydrogen) atoms. The summed E-state index contributed by atoms with van der Waals surface area (Å²) in [6.45, 7) is 11.4. The molecule has 0 fully saturated rings. The second-order valence-electron chi connectivity index (χ2n) is 4.45. The monoisotopic (exact) mass is 477 g/mol. The normalized spacial score (nSPS) is 15.1. The zero-order valence-electron chi connectivity index (χ0n) is 12.1. The van der Waals surface area contributed by atoms with Crippen LogP contribution in [0.25, 0.3) is 0 Å². The van der Waals surface area contributed by atoms with Crippen molar-refractivity contribution in [3.8, 4) is 0 Å². The zero-order chi connectivity index (χ0) is 12.8. The summed E-state index contributed by atoms with van der Waals surface area (Å²) in [4.78, 5) is 2.40. The number of nitrogens with zero attached hydrogens (tertiary/aromatic N) is 1. The van der Waals surface area contributed by atoms with Crippen LogP contribution in [-0.2, 0) is 9.09 Å². The Labute approximate surface area is 131 Å². The van der Waals surface area contributed by atoms with E-state index in [0.717, 1.165) is 12.3 Å². The first-order valence-corrected chi connectivity index (χ1v) is 9.58. The van der Waals surface area contributed by atoms with Gasteiger partial charge in [0.15, 0.2) is 0 Å². The molecule has 1 unspecified atom stereocenters. The van der Waals surface area contributed by atoms with Gasteiger partial charge >= 0.3 is 27.3 Å². The maximum atomic E-state index is 11.9. The molecule has 1 atom stereocenters. The molecule has 0 amide bonds. The molecule has 6 heteroatoms. The minimum atomic E-state index is -2.42. The van der Waals surface area contributed by atoms with Crippen LogP contribution >= 0.6 is 18.0 Å². The number of rotatable bonds is 8. The molecule has 3 nitrogen and oxygen atoms in total. The van der Waals surface area contributed by atoms with Crippen molar-refractivity contribution in [3.63, 3.8) is 0 Å². The maximum absolute atomic E-state index is 11.9. The van der Waals surface area contributed by atoms with Crippen LogP contribution in [0.2, 0.25) is 0 Å². The summed E-state index contributed by atoms with van der Waals surface area (Å²) in [5.74, 6) is 0.865. The van der Waals surface area contributed by atoms with E-state index in [2.05, 4.69) is 32.6 Å². The fourth-order valence-corrected chi connectivity index (χ4v) is 4.64. The van der Waals surface area contributed by atoms with Gasteiger partial charge in [0.25, 0.3) is 6.57 Å². The number of hydrogen-bond donors (Lipinski definition) is 0. The first-order chi connectivity index (χ1) is 7.30. The van der Waals surface area contributed by atoms with Gasteiger partial charge in [-0.3, -0.25) is 9.46 Å². The van der Waals surface area contributed by atoms with E-state index in [1.807, 2.05) is 6.92 Å². The van der Waals surface area contributed by atoms with Crippen LogP contribution in [-0.4, -0.2) is 69.9 Å². The van der Waals surface area contributed by atoms with Gasteiger partial charge < -0.3 is 4.52 Å². The zero-order valence-corrected chi connectivity index (χ0v) is 19.3. The molecule has 0 aromatic heterocycles. The SMILES string of the molecule is CCOP(C)(=O)SCCN(C(C)C)C(C)C.[PbH2]. The second kappa shape index (κ2) is 10.2. The van der Waals surface area contributed by atoms with E-state index in [0.29, 0.717) is 18.7 Å². The Balaban J connectivity index is 0. The van der Waals surface area contributed by atoms with Crippen molar-refractivity contribution >= 4 is 45.3 Å². The fourth-order valence-electron chi connectivity index (χ4n) is 1.70. The first kappa shape index (κ1) is 20.7. The molecule has 0 bridgehead atoms. The Morgan fingerprint density at radius 1 is 1.24 bits per heavy atom. The minimum absolute atomic E-state index is 0. The van der Waals surface area contributed by atoms with Crippen molar-refractivity contribution in [1.82, 2.24) is 4.90 Å². The molecule has 0 saturated carbocycles. The molecule has 0 saturated heterocycles. The predicted octanol–water partition coefficient (Wildman–Crippen LogP) is 2.78. The Kier molecular flexibility index (Phi) is 12.5. The van der Waals surface area contributed by atoms with Crippen molar-refractivity contribution in [2.75, 3.05) is 25.6 Å². The van der Waals surface area contributed by atoms with Crippen LogP contribution in [0.1, 0.15) is 34.6 Å². The molecule has 0 aromatic rings. The van der Waals surface area contributed by atoms with Gasteiger partial charge in [-0.25, -0.2) is 0 Å². The van der Waals surface area contributed by atoms with Crippen LogP contribution in [0.3, 0.4) is 0 Å².